The third-order valence-electron chi connectivity index (χ3n) is 4.41. The third kappa shape index (κ3) is 4.44. The van der Waals surface area contributed by atoms with Crippen LogP contribution in [0.2, 0.25) is 0 Å². The van der Waals surface area contributed by atoms with Crippen molar-refractivity contribution < 1.29 is 19.1 Å². The summed E-state index contributed by atoms with van der Waals surface area (Å²) in [6.45, 7) is 2.10. The van der Waals surface area contributed by atoms with Gasteiger partial charge in [-0.15, -0.1) is 0 Å². The van der Waals surface area contributed by atoms with Crippen molar-refractivity contribution in [2.45, 2.75) is 32.8 Å². The van der Waals surface area contributed by atoms with Crippen LogP contribution in [0.3, 0.4) is 0 Å². The highest BCUT2D eigenvalue weighted by molar-refractivity contribution is 6.03. The maximum atomic E-state index is 12.3. The number of carbonyl (C=O) groups is 1. The summed E-state index contributed by atoms with van der Waals surface area (Å²) in [6, 6.07) is 14.6. The second-order valence-corrected chi connectivity index (χ2v) is 6.45. The zero-order valence-electron chi connectivity index (χ0n) is 15.2. The zero-order valence-corrected chi connectivity index (χ0v) is 15.2. The minimum absolute atomic E-state index is 0.237. The third-order valence-corrected chi connectivity index (χ3v) is 4.41. The van der Waals surface area contributed by atoms with Crippen LogP contribution in [0, 0.1) is 0 Å². The van der Waals surface area contributed by atoms with Crippen LogP contribution in [0.1, 0.15) is 41.3 Å². The van der Waals surface area contributed by atoms with Gasteiger partial charge in [-0.2, -0.15) is 0 Å². The van der Waals surface area contributed by atoms with Crippen molar-refractivity contribution >= 4 is 16.8 Å². The van der Waals surface area contributed by atoms with Crippen LogP contribution in [0.25, 0.3) is 11.0 Å². The number of carbonyl (C=O) groups excluding carboxylic acids is 1. The summed E-state index contributed by atoms with van der Waals surface area (Å²) in [4.78, 5) is 24.4. The lowest BCUT2D eigenvalue weighted by Crippen LogP contribution is -2.18. The SMILES string of the molecule is CCCCc1ccc(COCC(=O)c2c(O)c3ccccc3oc2=O)cc1. The van der Waals surface area contributed by atoms with Gasteiger partial charge in [0.15, 0.2) is 5.78 Å². The van der Waals surface area contributed by atoms with Gasteiger partial charge in [-0.1, -0.05) is 49.7 Å². The van der Waals surface area contributed by atoms with Crippen LogP contribution < -0.4 is 5.63 Å². The molecule has 0 atom stereocenters. The Morgan fingerprint density at radius 2 is 1.78 bits per heavy atom. The Balaban J connectivity index is 1.64. The molecule has 0 aliphatic rings. The van der Waals surface area contributed by atoms with Crippen LogP contribution in [-0.2, 0) is 17.8 Å². The molecule has 1 aromatic heterocycles. The van der Waals surface area contributed by atoms with Gasteiger partial charge in [-0.25, -0.2) is 4.79 Å². The highest BCUT2D eigenvalue weighted by Crippen LogP contribution is 2.26. The van der Waals surface area contributed by atoms with E-state index >= 15 is 0 Å². The Morgan fingerprint density at radius 1 is 1.07 bits per heavy atom. The summed E-state index contributed by atoms with van der Waals surface area (Å²) in [5, 5.41) is 10.6. The molecule has 5 heteroatoms. The van der Waals surface area contributed by atoms with Gasteiger partial charge in [0.25, 0.3) is 0 Å². The molecule has 1 N–H and O–H groups in total. The molecule has 0 radical (unpaired) electrons. The molecule has 0 spiro atoms. The molecule has 0 unspecified atom stereocenters. The van der Waals surface area contributed by atoms with E-state index in [0.29, 0.717) is 5.39 Å². The van der Waals surface area contributed by atoms with Gasteiger partial charge in [0.05, 0.1) is 12.0 Å². The average molecular weight is 366 g/mol. The minimum Gasteiger partial charge on any atom is -0.506 e. The summed E-state index contributed by atoms with van der Waals surface area (Å²) < 4.78 is 10.6. The van der Waals surface area contributed by atoms with E-state index in [9.17, 15) is 14.7 Å². The fourth-order valence-electron chi connectivity index (χ4n) is 2.90. The number of fused-ring (bicyclic) bond motifs is 1. The lowest BCUT2D eigenvalue weighted by atomic mass is 10.1. The number of Topliss-reactive ketones (excluding diaryl/α,β-unsaturated/α-hetero) is 1. The van der Waals surface area contributed by atoms with Gasteiger partial charge in [-0.05, 0) is 36.1 Å². The Labute approximate surface area is 157 Å². The number of aryl methyl sites for hydroxylation is 1. The predicted molar refractivity (Wildman–Crippen MR) is 103 cm³/mol. The maximum absolute atomic E-state index is 12.3. The molecule has 0 aliphatic carbocycles. The van der Waals surface area contributed by atoms with Crippen molar-refractivity contribution in [1.29, 1.82) is 0 Å². The smallest absolute Gasteiger partial charge is 0.351 e. The molecule has 140 valence electrons. The van der Waals surface area contributed by atoms with Crippen molar-refractivity contribution in [3.8, 4) is 5.75 Å². The molecule has 0 saturated carbocycles. The van der Waals surface area contributed by atoms with Gasteiger partial charge in [0.2, 0.25) is 0 Å². The van der Waals surface area contributed by atoms with Crippen molar-refractivity contribution in [3.05, 3.63) is 75.6 Å². The first kappa shape index (κ1) is 18.9. The first-order valence-electron chi connectivity index (χ1n) is 9.03. The van der Waals surface area contributed by atoms with Crippen molar-refractivity contribution in [2.24, 2.45) is 0 Å². The first-order chi connectivity index (χ1) is 13.1. The Morgan fingerprint density at radius 3 is 2.52 bits per heavy atom. The van der Waals surface area contributed by atoms with Crippen LogP contribution in [0.5, 0.6) is 5.75 Å². The second-order valence-electron chi connectivity index (χ2n) is 6.45. The lowest BCUT2D eigenvalue weighted by Gasteiger charge is -2.07. The van der Waals surface area contributed by atoms with E-state index in [1.807, 2.05) is 12.1 Å². The average Bonchev–Trinajstić information content (AvgIpc) is 2.67. The topological polar surface area (TPSA) is 76.7 Å². The summed E-state index contributed by atoms with van der Waals surface area (Å²) in [7, 11) is 0. The Hall–Kier alpha value is -2.92. The van der Waals surface area contributed by atoms with Gasteiger partial charge < -0.3 is 14.3 Å². The molecule has 1 heterocycles. The number of rotatable bonds is 8. The Kier molecular flexibility index (Phi) is 6.04. The molecule has 5 nitrogen and oxygen atoms in total. The number of benzene rings is 2. The maximum Gasteiger partial charge on any atom is 0.351 e. The van der Waals surface area contributed by atoms with Crippen LogP contribution in [-0.4, -0.2) is 17.5 Å². The van der Waals surface area contributed by atoms with Gasteiger partial charge >= 0.3 is 5.63 Å². The molecule has 3 rings (SSSR count). The summed E-state index contributed by atoms with van der Waals surface area (Å²) in [5.74, 6) is -0.970. The van der Waals surface area contributed by atoms with Gasteiger partial charge in [0, 0.05) is 0 Å². The monoisotopic (exact) mass is 366 g/mol. The summed E-state index contributed by atoms with van der Waals surface area (Å²) >= 11 is 0. The molecule has 27 heavy (non-hydrogen) atoms. The largest absolute Gasteiger partial charge is 0.506 e. The molecular weight excluding hydrogens is 344 g/mol. The lowest BCUT2D eigenvalue weighted by molar-refractivity contribution is 0.0720. The normalized spacial score (nSPS) is 11.0. The van der Waals surface area contributed by atoms with Crippen molar-refractivity contribution in [3.63, 3.8) is 0 Å². The van der Waals surface area contributed by atoms with E-state index in [2.05, 4.69) is 19.1 Å². The molecule has 2 aromatic carbocycles. The summed E-state index contributed by atoms with van der Waals surface area (Å²) in [5.41, 5.74) is 1.22. The standard InChI is InChI=1S/C22H22O5/c1-2-3-6-15-9-11-16(12-10-15)13-26-14-18(23)20-21(24)17-7-4-5-8-19(17)27-22(20)25/h4-5,7-12,24H,2-3,6,13-14H2,1H3. The van der Waals surface area contributed by atoms with E-state index < -0.39 is 11.4 Å². The van der Waals surface area contributed by atoms with E-state index in [4.69, 9.17) is 9.15 Å². The number of para-hydroxylation sites is 1. The zero-order chi connectivity index (χ0) is 19.2. The predicted octanol–water partition coefficient (Wildman–Crippen LogP) is 4.24. The van der Waals surface area contributed by atoms with Gasteiger partial charge in [-0.3, -0.25) is 4.79 Å². The van der Waals surface area contributed by atoms with E-state index in [-0.39, 0.29) is 30.1 Å². The van der Waals surface area contributed by atoms with E-state index in [1.165, 1.54) is 5.56 Å². The fraction of sp³-hybridized carbons (Fsp3) is 0.273. The first-order valence-corrected chi connectivity index (χ1v) is 9.03. The van der Waals surface area contributed by atoms with E-state index in [0.717, 1.165) is 24.8 Å². The second kappa shape index (κ2) is 8.64. The van der Waals surface area contributed by atoms with Crippen molar-refractivity contribution in [1.82, 2.24) is 0 Å². The molecule has 0 bridgehead atoms. The number of unbranched alkanes of at least 4 members (excludes halogenated alkanes) is 1. The Bertz CT molecular complexity index is 986. The van der Waals surface area contributed by atoms with Gasteiger partial charge in [0.1, 0.15) is 23.5 Å². The molecule has 0 amide bonds. The highest BCUT2D eigenvalue weighted by Gasteiger charge is 2.20. The number of aromatic hydroxyl groups is 1. The number of ether oxygens (including phenoxy) is 1. The van der Waals surface area contributed by atoms with Crippen molar-refractivity contribution in [2.75, 3.05) is 6.61 Å². The minimum atomic E-state index is -0.861. The fourth-order valence-corrected chi connectivity index (χ4v) is 2.90. The number of hydrogen-bond donors (Lipinski definition) is 1. The van der Waals surface area contributed by atoms with E-state index in [1.54, 1.807) is 24.3 Å². The molecule has 3 aromatic rings. The van der Waals surface area contributed by atoms with Crippen LogP contribution in [0.15, 0.2) is 57.7 Å². The molecular formula is C22H22O5. The number of hydrogen-bond acceptors (Lipinski definition) is 5. The molecule has 0 fully saturated rings. The van der Waals surface area contributed by atoms with Crippen LogP contribution >= 0.6 is 0 Å². The molecule has 0 saturated heterocycles. The number of ketones is 1. The van der Waals surface area contributed by atoms with Crippen LogP contribution in [0.4, 0.5) is 0 Å². The summed E-state index contributed by atoms with van der Waals surface area (Å²) in [6.07, 6.45) is 3.36. The highest BCUT2D eigenvalue weighted by atomic mass is 16.5. The molecule has 0 aliphatic heterocycles. The quantitative estimate of drug-likeness (QED) is 0.477.